The lowest BCUT2D eigenvalue weighted by atomic mass is 9.80. The van der Waals surface area contributed by atoms with Crippen LogP contribution in [0.4, 0.5) is 5.82 Å². The molecule has 2 amide bonds. The number of nitrogens with zero attached hydrogens (tertiary/aromatic N) is 4. The van der Waals surface area contributed by atoms with Gasteiger partial charge in [0.15, 0.2) is 8.32 Å². The van der Waals surface area contributed by atoms with Crippen molar-refractivity contribution in [2.24, 2.45) is 0 Å². The maximum absolute atomic E-state index is 14.2. The molecule has 6 aromatic rings. The summed E-state index contributed by atoms with van der Waals surface area (Å²) >= 11 is 6.48. The highest BCUT2D eigenvalue weighted by molar-refractivity contribution is 8.07. The van der Waals surface area contributed by atoms with Crippen LogP contribution in [-0.2, 0) is 54.4 Å². The fourth-order valence-corrected chi connectivity index (χ4v) is 13.9. The van der Waals surface area contributed by atoms with Gasteiger partial charge in [0, 0.05) is 49.8 Å². The summed E-state index contributed by atoms with van der Waals surface area (Å²) in [6, 6.07) is 34.7. The number of hydrogen-bond acceptors (Lipinski definition) is 16. The molecular formula is C60H73N6O14PSSi. The third-order valence-electron chi connectivity index (χ3n) is 16.0. The first-order chi connectivity index (χ1) is 39.6. The second-order valence-electron chi connectivity index (χ2n) is 22.5. The van der Waals surface area contributed by atoms with E-state index >= 15 is 0 Å². The Morgan fingerprint density at radius 1 is 0.771 bits per heavy atom. The Morgan fingerprint density at radius 3 is 1.93 bits per heavy atom. The zero-order valence-corrected chi connectivity index (χ0v) is 50.9. The minimum absolute atomic E-state index is 0.0104. The van der Waals surface area contributed by atoms with Crippen LogP contribution < -0.4 is 31.7 Å². The molecule has 2 N–H and O–H groups in total. The largest absolute Gasteiger partial charge is 0.497 e. The number of aromatic amines is 1. The predicted octanol–water partition coefficient (Wildman–Crippen LogP) is 9.00. The summed E-state index contributed by atoms with van der Waals surface area (Å²) in [4.78, 5) is 74.5. The average molecular weight is 1190 g/mol. The summed E-state index contributed by atoms with van der Waals surface area (Å²) in [5.41, 5.74) is -0.169. The van der Waals surface area contributed by atoms with Crippen LogP contribution in [0.1, 0.15) is 98.4 Å². The van der Waals surface area contributed by atoms with Gasteiger partial charge in [-0.15, -0.1) is 0 Å². The molecule has 20 nitrogen and oxygen atoms in total. The third-order valence-corrected chi connectivity index (χ3v) is 22.8. The number of ether oxygens (including phenoxy) is 5. The molecule has 0 saturated carbocycles. The molecule has 2 aromatic heterocycles. The molecule has 3 aliphatic heterocycles. The molecule has 9 rings (SSSR count). The number of hydrogen-bond donors (Lipinski definition) is 2. The van der Waals surface area contributed by atoms with Crippen LogP contribution in [0.3, 0.4) is 0 Å². The number of benzene rings is 4. The zero-order chi connectivity index (χ0) is 59.3. The molecular weight excluding hydrogens is 1120 g/mol. The van der Waals surface area contributed by atoms with Crippen LogP contribution in [0.15, 0.2) is 142 Å². The van der Waals surface area contributed by atoms with E-state index in [0.29, 0.717) is 35.6 Å². The number of aromatic nitrogens is 4. The number of carbonyl (C=O) groups is 2. The van der Waals surface area contributed by atoms with Crippen LogP contribution in [0, 0.1) is 6.92 Å². The number of aryl methyl sites for hydroxylation is 1. The molecule has 23 heteroatoms. The molecule has 4 aromatic carbocycles. The quantitative estimate of drug-likeness (QED) is 0.0368. The molecule has 442 valence electrons. The van der Waals surface area contributed by atoms with E-state index in [1.54, 1.807) is 56.4 Å². The molecule has 8 atom stereocenters. The van der Waals surface area contributed by atoms with Crippen molar-refractivity contribution in [2.75, 3.05) is 45.9 Å². The lowest BCUT2D eigenvalue weighted by Gasteiger charge is -2.39. The lowest BCUT2D eigenvalue weighted by molar-refractivity contribution is -0.130. The summed E-state index contributed by atoms with van der Waals surface area (Å²) in [5, 5.41) is 2.50. The summed E-state index contributed by atoms with van der Waals surface area (Å²) in [6.45, 7) is 9.90. The summed E-state index contributed by atoms with van der Waals surface area (Å²) in [6.07, 6.45) is -0.648. The molecule has 0 spiro atoms. The van der Waals surface area contributed by atoms with Crippen LogP contribution >= 0.6 is 6.72 Å². The Balaban J connectivity index is 1.10. The summed E-state index contributed by atoms with van der Waals surface area (Å²) in [5.74, 6) is 0.753. The number of carbonyl (C=O) groups excluding carboxylic acids is 2. The number of amides is 2. The Labute approximate surface area is 488 Å². The van der Waals surface area contributed by atoms with Gasteiger partial charge in [0.2, 0.25) is 5.91 Å². The fraction of sp³-hybridized carbons (Fsp3) is 0.433. The van der Waals surface area contributed by atoms with Gasteiger partial charge in [-0.1, -0.05) is 93.6 Å². The van der Waals surface area contributed by atoms with Crippen LogP contribution in [0.5, 0.6) is 11.5 Å². The highest BCUT2D eigenvalue weighted by atomic mass is 32.5. The minimum Gasteiger partial charge on any atom is -0.497 e. The van der Waals surface area contributed by atoms with E-state index < -0.39 is 80.4 Å². The number of likely N-dealkylation sites (tertiary alicyclic amines) is 1. The van der Waals surface area contributed by atoms with Crippen molar-refractivity contribution >= 4 is 44.5 Å². The standard InChI is InChI=1S/C60H73N6O14PSSi/c1-39-35-66(58(71)63-55(39)68)54-34-49(80-83(8,9)59(3,4)5)51(78-54)38-76-81(82,75-36-45-21-16-31-64(45)40(2)67)79-48-33-53(65-32-30-52(62-57(65)70)61-56(69)41-17-12-10-13-18-41)77-50(48)37-74-60(42-19-14-11-15-20-42,43-22-26-46(72-6)27-23-43)44-24-28-47(73-7)29-25-44/h10-15,17-20,22-30,32,35,45,48-51,53-54H,16,21,31,33-34,36-38H2,1-9H3,(H,63,68,71)(H,61,62,69,70)/t45-,48-,49-,50+,51+,53+,54+,81-/m0/s1. The van der Waals surface area contributed by atoms with E-state index in [9.17, 15) is 24.0 Å². The van der Waals surface area contributed by atoms with Gasteiger partial charge in [-0.2, -0.15) is 4.98 Å². The maximum Gasteiger partial charge on any atom is 0.351 e. The molecule has 3 fully saturated rings. The average Bonchev–Trinajstić information content (AvgIpc) is 4.40. The van der Waals surface area contributed by atoms with Gasteiger partial charge >= 0.3 is 18.1 Å². The Kier molecular flexibility index (Phi) is 19.0. The van der Waals surface area contributed by atoms with E-state index in [2.05, 4.69) is 49.1 Å². The molecule has 0 bridgehead atoms. The van der Waals surface area contributed by atoms with Crippen LogP contribution in [0.2, 0.25) is 18.1 Å². The Hall–Kier alpha value is -6.43. The van der Waals surface area contributed by atoms with Gasteiger partial charge in [-0.05, 0) is 109 Å². The summed E-state index contributed by atoms with van der Waals surface area (Å²) in [7, 11) is 0.683. The van der Waals surface area contributed by atoms with Crippen molar-refractivity contribution in [1.82, 2.24) is 24.0 Å². The molecule has 0 unspecified atom stereocenters. The van der Waals surface area contributed by atoms with E-state index in [1.807, 2.05) is 78.9 Å². The fourth-order valence-electron chi connectivity index (χ4n) is 10.4. The van der Waals surface area contributed by atoms with Crippen molar-refractivity contribution in [3.63, 3.8) is 0 Å². The van der Waals surface area contributed by atoms with Gasteiger partial charge < -0.3 is 51.9 Å². The smallest absolute Gasteiger partial charge is 0.351 e. The van der Waals surface area contributed by atoms with Gasteiger partial charge in [0.1, 0.15) is 47.6 Å². The molecule has 5 heterocycles. The second-order valence-corrected chi connectivity index (χ2v) is 30.2. The van der Waals surface area contributed by atoms with Gasteiger partial charge in [-0.25, -0.2) is 9.59 Å². The third kappa shape index (κ3) is 13.9. The van der Waals surface area contributed by atoms with Gasteiger partial charge in [0.05, 0.1) is 52.3 Å². The Bertz CT molecular complexity index is 3410. The van der Waals surface area contributed by atoms with Gasteiger partial charge in [0.25, 0.3) is 11.5 Å². The van der Waals surface area contributed by atoms with Crippen molar-refractivity contribution in [3.8, 4) is 11.5 Å². The minimum atomic E-state index is -3.99. The molecule has 83 heavy (non-hydrogen) atoms. The van der Waals surface area contributed by atoms with E-state index in [1.165, 1.54) is 34.5 Å². The molecule has 3 saturated heterocycles. The van der Waals surface area contributed by atoms with Crippen molar-refractivity contribution in [3.05, 3.63) is 187 Å². The van der Waals surface area contributed by atoms with Crippen molar-refractivity contribution in [1.29, 1.82) is 0 Å². The lowest BCUT2D eigenvalue weighted by Crippen LogP contribution is -2.46. The highest BCUT2D eigenvalue weighted by Gasteiger charge is 2.49. The highest BCUT2D eigenvalue weighted by Crippen LogP contribution is 2.55. The number of nitrogens with one attached hydrogen (secondary N) is 2. The number of methoxy groups -OCH3 is 2. The second kappa shape index (κ2) is 25.8. The van der Waals surface area contributed by atoms with Crippen molar-refractivity contribution < 1.29 is 51.3 Å². The van der Waals surface area contributed by atoms with Gasteiger partial charge in [-0.3, -0.25) is 28.5 Å². The molecule has 3 aliphatic rings. The number of rotatable bonds is 22. The zero-order valence-electron chi connectivity index (χ0n) is 48.2. The first kappa shape index (κ1) is 61.1. The number of anilines is 1. The van der Waals surface area contributed by atoms with Crippen LogP contribution in [0.25, 0.3) is 0 Å². The maximum atomic E-state index is 14.2. The Morgan fingerprint density at radius 2 is 1.34 bits per heavy atom. The SMILES string of the molecule is COc1ccc(C(OC[C@H]2O[C@@H](n3ccc(NC(=O)c4ccccc4)nc3=O)C[C@@H]2O[P@](=S)(OC[C@@H]2CCCN2C(C)=O)OC[C@H]2O[C@@H](n3cc(C)c(=O)[nH]c3=O)C[C@@H]2O[Si](C)(C)C(C)(C)C)(c2ccccc2)c2ccc(OC)cc2)cc1. The molecule has 0 aliphatic carbocycles. The van der Waals surface area contributed by atoms with E-state index in [0.717, 1.165) is 23.1 Å². The first-order valence-electron chi connectivity index (χ1n) is 27.7. The molecule has 0 radical (unpaired) electrons. The monoisotopic (exact) mass is 1190 g/mol. The van der Waals surface area contributed by atoms with Crippen LogP contribution in [-0.4, -0.2) is 115 Å². The normalized spacial score (nSPS) is 21.8. The van der Waals surface area contributed by atoms with E-state index in [-0.39, 0.29) is 55.5 Å². The first-order valence-corrected chi connectivity index (χ1v) is 33.2. The van der Waals surface area contributed by atoms with Crippen molar-refractivity contribution in [2.45, 2.75) is 127 Å². The predicted molar refractivity (Wildman–Crippen MR) is 318 cm³/mol. The summed E-state index contributed by atoms with van der Waals surface area (Å²) < 4.78 is 62.5. The number of H-pyrrole nitrogens is 1. The topological polar surface area (TPSA) is 222 Å². The van der Waals surface area contributed by atoms with E-state index in [4.69, 9.17) is 53.5 Å².